The van der Waals surface area contributed by atoms with E-state index in [-0.39, 0.29) is 0 Å². The lowest BCUT2D eigenvalue weighted by Crippen LogP contribution is -2.41. The van der Waals surface area contributed by atoms with E-state index < -0.39 is 15.6 Å². The van der Waals surface area contributed by atoms with E-state index in [4.69, 9.17) is 13.0 Å². The van der Waals surface area contributed by atoms with Crippen molar-refractivity contribution < 1.29 is 30.6 Å². The van der Waals surface area contributed by atoms with Crippen LogP contribution in [0.2, 0.25) is 0 Å². The molecule has 1 aliphatic heterocycles. The van der Waals surface area contributed by atoms with Gasteiger partial charge in [0.2, 0.25) is 0 Å². The van der Waals surface area contributed by atoms with Crippen LogP contribution in [0.4, 0.5) is 13.2 Å². The second kappa shape index (κ2) is 6.72. The van der Waals surface area contributed by atoms with Gasteiger partial charge in [-0.05, 0) is 6.42 Å². The van der Waals surface area contributed by atoms with Crippen molar-refractivity contribution in [1.29, 1.82) is 0 Å². The van der Waals surface area contributed by atoms with Crippen LogP contribution < -0.4 is 0 Å². The molecule has 1 fully saturated rings. The maximum absolute atomic E-state index is 10.7. The zero-order valence-corrected chi connectivity index (χ0v) is 11.5. The third-order valence-corrected chi connectivity index (χ3v) is 3.57. The van der Waals surface area contributed by atoms with Gasteiger partial charge >= 0.3 is 15.6 Å². The molecule has 0 aliphatic carbocycles. The normalized spacial score (nSPS) is 19.2. The third-order valence-electron chi connectivity index (χ3n) is 2.99. The molecule has 1 heterocycles. The van der Waals surface area contributed by atoms with Crippen molar-refractivity contribution >= 4 is 10.1 Å². The van der Waals surface area contributed by atoms with Crippen molar-refractivity contribution in [3.8, 4) is 0 Å². The Kier molecular flexibility index (Phi) is 6.59. The van der Waals surface area contributed by atoms with Crippen molar-refractivity contribution in [1.82, 2.24) is 0 Å². The zero-order valence-electron chi connectivity index (χ0n) is 10.7. The van der Waals surface area contributed by atoms with Gasteiger partial charge in [0.1, 0.15) is 0 Å². The van der Waals surface area contributed by atoms with Gasteiger partial charge in [-0.1, -0.05) is 13.3 Å². The fraction of sp³-hybridized carbons (Fsp3) is 1.00. The van der Waals surface area contributed by atoms with Gasteiger partial charge < -0.3 is 4.48 Å². The summed E-state index contributed by atoms with van der Waals surface area (Å²) in [6.45, 7) is 6.55. The smallest absolute Gasteiger partial charge is 0.326 e. The number of nitrogens with zero attached hydrogens (tertiary/aromatic N) is 1. The van der Waals surface area contributed by atoms with Gasteiger partial charge in [-0.15, -0.1) is 0 Å². The average Bonchev–Trinajstić information content (AvgIpc) is 2.61. The summed E-state index contributed by atoms with van der Waals surface area (Å²) < 4.78 is 58.9. The highest BCUT2D eigenvalue weighted by atomic mass is 32.2. The molecule has 18 heavy (non-hydrogen) atoms. The minimum absolute atomic E-state index is 1.36. The largest absolute Gasteiger partial charge is 0.522 e. The SMILES string of the molecule is CCCC[N+]1(C)CCCC1.O=S(=O)(O)C(F)(F)F. The summed E-state index contributed by atoms with van der Waals surface area (Å²) in [5.74, 6) is 0. The lowest BCUT2D eigenvalue weighted by atomic mass is 10.3. The number of likely N-dealkylation sites (tertiary alicyclic amines) is 1. The molecule has 0 radical (unpaired) electrons. The minimum Gasteiger partial charge on any atom is -0.326 e. The first-order chi connectivity index (χ1) is 8.02. The summed E-state index contributed by atoms with van der Waals surface area (Å²) in [7, 11) is -3.43. The van der Waals surface area contributed by atoms with Crippen LogP contribution in [0.5, 0.6) is 0 Å². The topological polar surface area (TPSA) is 54.4 Å². The molecular formula is C10H21F3NO3S+. The Hall–Kier alpha value is -0.340. The van der Waals surface area contributed by atoms with Crippen LogP contribution in [-0.2, 0) is 10.1 Å². The van der Waals surface area contributed by atoms with Crippen LogP contribution in [0.25, 0.3) is 0 Å². The molecule has 0 aromatic carbocycles. The molecule has 0 unspecified atom stereocenters. The van der Waals surface area contributed by atoms with Gasteiger partial charge in [-0.25, -0.2) is 0 Å². The van der Waals surface area contributed by atoms with Crippen LogP contribution >= 0.6 is 0 Å². The number of hydrogen-bond donors (Lipinski definition) is 1. The van der Waals surface area contributed by atoms with Gasteiger partial charge in [0.25, 0.3) is 0 Å². The second-order valence-corrected chi connectivity index (χ2v) is 6.18. The Morgan fingerprint density at radius 1 is 1.22 bits per heavy atom. The molecule has 1 rings (SSSR count). The fourth-order valence-corrected chi connectivity index (χ4v) is 1.86. The number of quaternary nitrogens is 1. The Morgan fingerprint density at radius 3 is 1.89 bits per heavy atom. The summed E-state index contributed by atoms with van der Waals surface area (Å²) in [4.78, 5) is 0. The molecular weight excluding hydrogens is 271 g/mol. The number of halogens is 3. The van der Waals surface area contributed by atoms with Crippen LogP contribution in [-0.4, -0.2) is 49.6 Å². The molecule has 0 atom stereocenters. The first-order valence-electron chi connectivity index (χ1n) is 5.89. The van der Waals surface area contributed by atoms with E-state index in [1.165, 1.54) is 49.8 Å². The fourth-order valence-electron chi connectivity index (χ4n) is 1.86. The number of hydrogen-bond acceptors (Lipinski definition) is 2. The van der Waals surface area contributed by atoms with Crippen LogP contribution in [0.3, 0.4) is 0 Å². The Labute approximate surface area is 106 Å². The third kappa shape index (κ3) is 6.55. The van der Waals surface area contributed by atoms with E-state index in [0.717, 1.165) is 0 Å². The van der Waals surface area contributed by atoms with Crippen molar-refractivity contribution in [3.05, 3.63) is 0 Å². The van der Waals surface area contributed by atoms with Gasteiger partial charge in [0.05, 0.1) is 26.7 Å². The predicted molar refractivity (Wildman–Crippen MR) is 62.5 cm³/mol. The lowest BCUT2D eigenvalue weighted by Gasteiger charge is -2.28. The summed E-state index contributed by atoms with van der Waals surface area (Å²) in [6.07, 6.45) is 5.69. The van der Waals surface area contributed by atoms with Crippen LogP contribution in [0.15, 0.2) is 0 Å². The second-order valence-electron chi connectivity index (χ2n) is 4.77. The predicted octanol–water partition coefficient (Wildman–Crippen LogP) is 2.42. The van der Waals surface area contributed by atoms with Crippen molar-refractivity contribution in [2.45, 2.75) is 38.1 Å². The molecule has 0 saturated carbocycles. The molecule has 110 valence electrons. The standard InChI is InChI=1S/C9H20N.CHF3O3S/c1-3-4-7-10(2)8-5-6-9-10;2-1(3,4)8(5,6)7/h3-9H2,1-2H3;(H,5,6,7)/q+1;. The van der Waals surface area contributed by atoms with E-state index in [9.17, 15) is 13.2 Å². The van der Waals surface area contributed by atoms with Crippen LogP contribution in [0.1, 0.15) is 32.6 Å². The summed E-state index contributed by atoms with van der Waals surface area (Å²) >= 11 is 0. The lowest BCUT2D eigenvalue weighted by molar-refractivity contribution is -0.897. The van der Waals surface area contributed by atoms with Gasteiger partial charge in [-0.2, -0.15) is 21.6 Å². The molecule has 4 nitrogen and oxygen atoms in total. The first kappa shape index (κ1) is 17.7. The van der Waals surface area contributed by atoms with Crippen molar-refractivity contribution in [2.24, 2.45) is 0 Å². The van der Waals surface area contributed by atoms with Crippen molar-refractivity contribution in [2.75, 3.05) is 26.7 Å². The summed E-state index contributed by atoms with van der Waals surface area (Å²) in [6, 6.07) is 0. The molecule has 0 spiro atoms. The Morgan fingerprint density at radius 2 is 1.61 bits per heavy atom. The highest BCUT2D eigenvalue weighted by molar-refractivity contribution is 7.86. The van der Waals surface area contributed by atoms with Gasteiger partial charge in [0, 0.05) is 12.8 Å². The number of alkyl halides is 3. The maximum Gasteiger partial charge on any atom is 0.522 e. The summed E-state index contributed by atoms with van der Waals surface area (Å²) in [5.41, 5.74) is -5.53. The molecule has 1 saturated heterocycles. The van der Waals surface area contributed by atoms with E-state index in [0.29, 0.717) is 0 Å². The van der Waals surface area contributed by atoms with E-state index >= 15 is 0 Å². The number of unbranched alkanes of at least 4 members (excludes halogenated alkanes) is 1. The monoisotopic (exact) mass is 292 g/mol. The number of rotatable bonds is 3. The first-order valence-corrected chi connectivity index (χ1v) is 7.33. The Balaban J connectivity index is 0.000000331. The highest BCUT2D eigenvalue weighted by Gasteiger charge is 2.44. The van der Waals surface area contributed by atoms with Gasteiger partial charge in [0.15, 0.2) is 0 Å². The molecule has 0 aromatic heterocycles. The van der Waals surface area contributed by atoms with Gasteiger partial charge in [-0.3, -0.25) is 4.55 Å². The quantitative estimate of drug-likeness (QED) is 0.494. The van der Waals surface area contributed by atoms with Crippen molar-refractivity contribution in [3.63, 3.8) is 0 Å². The zero-order chi connectivity index (χ0) is 14.4. The molecule has 0 aromatic rings. The average molecular weight is 292 g/mol. The maximum atomic E-state index is 10.7. The van der Waals surface area contributed by atoms with E-state index in [1.54, 1.807) is 0 Å². The van der Waals surface area contributed by atoms with Crippen LogP contribution in [0, 0.1) is 0 Å². The molecule has 0 amide bonds. The highest BCUT2D eigenvalue weighted by Crippen LogP contribution is 2.20. The molecule has 1 N–H and O–H groups in total. The molecule has 0 bridgehead atoms. The van der Waals surface area contributed by atoms with E-state index in [2.05, 4.69) is 14.0 Å². The van der Waals surface area contributed by atoms with E-state index in [1.807, 2.05) is 0 Å². The Bertz CT molecular complexity index is 335. The summed E-state index contributed by atoms with van der Waals surface area (Å²) in [5, 5.41) is 0. The minimum atomic E-state index is -5.84. The molecule has 8 heteroatoms. The molecule has 1 aliphatic rings.